The molecular formula is C24H20N2O6S. The van der Waals surface area contributed by atoms with Gasteiger partial charge in [-0.05, 0) is 66.7 Å². The average Bonchev–Trinajstić information content (AvgIpc) is 2.78. The molecule has 0 aliphatic heterocycles. The van der Waals surface area contributed by atoms with Gasteiger partial charge in [-0.2, -0.15) is 0 Å². The van der Waals surface area contributed by atoms with Gasteiger partial charge in [-0.1, -0.05) is 0 Å². The third-order valence-electron chi connectivity index (χ3n) is 4.81. The van der Waals surface area contributed by atoms with Crippen LogP contribution >= 0.6 is 0 Å². The van der Waals surface area contributed by atoms with Crippen LogP contribution in [0.5, 0.6) is 5.75 Å². The monoisotopic (exact) mass is 464 g/mol. The Balaban J connectivity index is 1.50. The summed E-state index contributed by atoms with van der Waals surface area (Å²) < 4.78 is 35.9. The van der Waals surface area contributed by atoms with Gasteiger partial charge in [0.2, 0.25) is 10.0 Å². The average molecular weight is 464 g/mol. The third-order valence-corrected chi connectivity index (χ3v) is 5.42. The highest BCUT2D eigenvalue weighted by Gasteiger charge is 2.10. The molecule has 0 spiro atoms. The lowest BCUT2D eigenvalue weighted by molar-refractivity contribution is 0.102. The van der Waals surface area contributed by atoms with Gasteiger partial charge >= 0.3 is 0 Å². The van der Waals surface area contributed by atoms with E-state index in [0.717, 1.165) is 6.26 Å². The van der Waals surface area contributed by atoms with Crippen LogP contribution in [0.25, 0.3) is 22.3 Å². The van der Waals surface area contributed by atoms with Gasteiger partial charge in [-0.3, -0.25) is 14.3 Å². The molecule has 0 aliphatic rings. The van der Waals surface area contributed by atoms with Crippen LogP contribution in [0.4, 0.5) is 11.4 Å². The highest BCUT2D eigenvalue weighted by Crippen LogP contribution is 2.26. The lowest BCUT2D eigenvalue weighted by Gasteiger charge is -2.08. The molecule has 0 bridgehead atoms. The smallest absolute Gasteiger partial charge is 0.255 e. The van der Waals surface area contributed by atoms with Crippen molar-refractivity contribution < 1.29 is 22.4 Å². The molecule has 0 saturated heterocycles. The second kappa shape index (κ2) is 8.79. The summed E-state index contributed by atoms with van der Waals surface area (Å²) in [6.45, 7) is 0. The molecular weight excluding hydrogens is 444 g/mol. The number of hydrogen-bond acceptors (Lipinski definition) is 6. The molecule has 33 heavy (non-hydrogen) atoms. The van der Waals surface area contributed by atoms with Crippen molar-refractivity contribution in [3.05, 3.63) is 88.6 Å². The molecule has 9 heteroatoms. The van der Waals surface area contributed by atoms with Crippen LogP contribution in [0.1, 0.15) is 10.4 Å². The van der Waals surface area contributed by atoms with E-state index >= 15 is 0 Å². The summed E-state index contributed by atoms with van der Waals surface area (Å²) in [4.78, 5) is 25.0. The van der Waals surface area contributed by atoms with Crippen LogP contribution in [-0.4, -0.2) is 27.7 Å². The lowest BCUT2D eigenvalue weighted by Crippen LogP contribution is -2.13. The highest BCUT2D eigenvalue weighted by molar-refractivity contribution is 7.92. The quantitative estimate of drug-likeness (QED) is 0.444. The van der Waals surface area contributed by atoms with E-state index in [1.54, 1.807) is 42.5 Å². The van der Waals surface area contributed by atoms with Gasteiger partial charge in [0.25, 0.3) is 5.91 Å². The van der Waals surface area contributed by atoms with E-state index in [2.05, 4.69) is 10.0 Å². The largest absolute Gasteiger partial charge is 0.497 e. The maximum absolute atomic E-state index is 12.5. The number of rotatable bonds is 6. The number of methoxy groups -OCH3 is 1. The molecule has 4 rings (SSSR count). The molecule has 4 aromatic rings. The van der Waals surface area contributed by atoms with Crippen molar-refractivity contribution in [3.8, 4) is 17.1 Å². The zero-order valence-electron chi connectivity index (χ0n) is 17.8. The van der Waals surface area contributed by atoms with Gasteiger partial charge < -0.3 is 14.5 Å². The number of benzene rings is 3. The first kappa shape index (κ1) is 22.1. The molecule has 168 valence electrons. The highest BCUT2D eigenvalue weighted by atomic mass is 32.2. The van der Waals surface area contributed by atoms with E-state index in [-0.39, 0.29) is 11.3 Å². The molecule has 0 radical (unpaired) electrons. The minimum absolute atomic E-state index is 0.184. The normalized spacial score (nSPS) is 11.2. The summed E-state index contributed by atoms with van der Waals surface area (Å²) >= 11 is 0. The fourth-order valence-corrected chi connectivity index (χ4v) is 3.79. The van der Waals surface area contributed by atoms with E-state index in [4.69, 9.17) is 9.15 Å². The van der Waals surface area contributed by atoms with Crippen molar-refractivity contribution in [1.29, 1.82) is 0 Å². The van der Waals surface area contributed by atoms with E-state index in [1.165, 1.54) is 37.4 Å². The van der Waals surface area contributed by atoms with Crippen molar-refractivity contribution in [1.82, 2.24) is 0 Å². The Hall–Kier alpha value is -4.11. The van der Waals surface area contributed by atoms with Crippen molar-refractivity contribution in [3.63, 3.8) is 0 Å². The van der Waals surface area contributed by atoms with Crippen LogP contribution in [0.3, 0.4) is 0 Å². The fourth-order valence-electron chi connectivity index (χ4n) is 3.23. The molecule has 2 N–H and O–H groups in total. The molecule has 0 saturated carbocycles. The Morgan fingerprint density at radius 1 is 0.909 bits per heavy atom. The number of carbonyl (C=O) groups is 1. The SMILES string of the molecule is COc1ccc2oc(-c3ccc(NC(=O)c4ccc(NS(C)(=O)=O)cc4)cc3)cc(=O)c2c1. The van der Waals surface area contributed by atoms with Gasteiger partial charge in [0, 0.05) is 28.6 Å². The summed E-state index contributed by atoms with van der Waals surface area (Å²) in [5.74, 6) is 0.633. The standard InChI is InChI=1S/C24H20N2O6S/c1-31-19-11-12-22-20(13-19)21(27)14-23(32-22)15-3-7-17(8-4-15)25-24(28)16-5-9-18(10-6-16)26-33(2,29)30/h3-14,26H,1-2H3,(H,25,28). The Bertz CT molecular complexity index is 1490. The van der Waals surface area contributed by atoms with Gasteiger partial charge in [0.15, 0.2) is 5.43 Å². The van der Waals surface area contributed by atoms with E-state index in [1.807, 2.05) is 0 Å². The fraction of sp³-hybridized carbons (Fsp3) is 0.0833. The number of ether oxygens (including phenoxy) is 1. The number of amides is 1. The van der Waals surface area contributed by atoms with Crippen molar-refractivity contribution in [2.75, 3.05) is 23.4 Å². The number of hydrogen-bond donors (Lipinski definition) is 2. The van der Waals surface area contributed by atoms with Gasteiger partial charge in [-0.25, -0.2) is 8.42 Å². The number of anilines is 2. The van der Waals surface area contributed by atoms with Crippen LogP contribution in [-0.2, 0) is 10.0 Å². The van der Waals surface area contributed by atoms with E-state index in [0.29, 0.717) is 45.0 Å². The lowest BCUT2D eigenvalue weighted by atomic mass is 10.1. The minimum atomic E-state index is -3.39. The van der Waals surface area contributed by atoms with Crippen LogP contribution in [0.15, 0.2) is 82.0 Å². The maximum atomic E-state index is 12.5. The summed E-state index contributed by atoms with van der Waals surface area (Å²) in [6, 6.07) is 19.4. The van der Waals surface area contributed by atoms with Gasteiger partial charge in [0.05, 0.1) is 18.8 Å². The molecule has 0 unspecified atom stereocenters. The Kier molecular flexibility index (Phi) is 5.89. The Morgan fingerprint density at radius 2 is 1.58 bits per heavy atom. The van der Waals surface area contributed by atoms with Gasteiger partial charge in [-0.15, -0.1) is 0 Å². The number of sulfonamides is 1. The zero-order chi connectivity index (χ0) is 23.6. The molecule has 1 amide bonds. The first-order chi connectivity index (χ1) is 15.7. The zero-order valence-corrected chi connectivity index (χ0v) is 18.6. The predicted octanol–water partition coefficient (Wildman–Crippen LogP) is 4.09. The second-order valence-corrected chi connectivity index (χ2v) is 9.07. The molecule has 0 fully saturated rings. The first-order valence-electron chi connectivity index (χ1n) is 9.83. The van der Waals surface area contributed by atoms with Crippen LogP contribution < -0.4 is 20.2 Å². The molecule has 1 aromatic heterocycles. The maximum Gasteiger partial charge on any atom is 0.255 e. The van der Waals surface area contributed by atoms with Gasteiger partial charge in [0.1, 0.15) is 17.1 Å². The van der Waals surface area contributed by atoms with Crippen molar-refractivity contribution >= 4 is 38.3 Å². The van der Waals surface area contributed by atoms with Crippen LogP contribution in [0, 0.1) is 0 Å². The van der Waals surface area contributed by atoms with Crippen molar-refractivity contribution in [2.24, 2.45) is 0 Å². The van der Waals surface area contributed by atoms with Crippen LogP contribution in [0.2, 0.25) is 0 Å². The van der Waals surface area contributed by atoms with E-state index in [9.17, 15) is 18.0 Å². The Morgan fingerprint density at radius 3 is 2.21 bits per heavy atom. The summed E-state index contributed by atoms with van der Waals surface area (Å²) in [5.41, 5.74) is 2.23. The second-order valence-electron chi connectivity index (χ2n) is 7.32. The topological polar surface area (TPSA) is 115 Å². The molecule has 8 nitrogen and oxygen atoms in total. The molecule has 1 heterocycles. The summed E-state index contributed by atoms with van der Waals surface area (Å²) in [7, 11) is -1.86. The van der Waals surface area contributed by atoms with Crippen molar-refractivity contribution in [2.45, 2.75) is 0 Å². The van der Waals surface area contributed by atoms with E-state index < -0.39 is 10.0 Å². The Labute approximate surface area is 189 Å². The summed E-state index contributed by atoms with van der Waals surface area (Å²) in [5, 5.41) is 3.20. The first-order valence-corrected chi connectivity index (χ1v) is 11.7. The molecule has 0 aliphatic carbocycles. The predicted molar refractivity (Wildman–Crippen MR) is 127 cm³/mol. The number of fused-ring (bicyclic) bond motifs is 1. The minimum Gasteiger partial charge on any atom is -0.497 e. The third kappa shape index (κ3) is 5.21. The number of carbonyl (C=O) groups excluding carboxylic acids is 1. The number of nitrogens with one attached hydrogen (secondary N) is 2. The molecule has 0 atom stereocenters. The molecule has 3 aromatic carbocycles. The summed E-state index contributed by atoms with van der Waals surface area (Å²) in [6.07, 6.45) is 1.05.